The summed E-state index contributed by atoms with van der Waals surface area (Å²) in [7, 11) is 0. The van der Waals surface area contributed by atoms with Crippen LogP contribution in [0.3, 0.4) is 0 Å². The van der Waals surface area contributed by atoms with Gasteiger partial charge < -0.3 is 5.32 Å². The van der Waals surface area contributed by atoms with Crippen molar-refractivity contribution in [3.63, 3.8) is 0 Å². The smallest absolute Gasteiger partial charge is 0.229 e. The standard InChI is InChI=1S/C16H22N2O/c1-10(2)8-12-14(16(12,4)5)15(19)18-13-7-6-11(3)9-17-13/h6-9,12,14H,1-5H3,(H,17,18,19)/t12-,14+/m0/s1. The molecule has 1 saturated carbocycles. The van der Waals surface area contributed by atoms with Crippen molar-refractivity contribution < 1.29 is 4.79 Å². The molecule has 2 atom stereocenters. The second kappa shape index (κ2) is 4.80. The largest absolute Gasteiger partial charge is 0.310 e. The highest BCUT2D eigenvalue weighted by Gasteiger charge is 2.60. The minimum absolute atomic E-state index is 0.0468. The van der Waals surface area contributed by atoms with Gasteiger partial charge in [0.2, 0.25) is 5.91 Å². The van der Waals surface area contributed by atoms with Crippen LogP contribution in [0.1, 0.15) is 33.3 Å². The van der Waals surface area contributed by atoms with Crippen molar-refractivity contribution in [3.8, 4) is 0 Å². The van der Waals surface area contributed by atoms with Crippen LogP contribution in [0.4, 0.5) is 5.82 Å². The van der Waals surface area contributed by atoms with Crippen LogP contribution in [-0.2, 0) is 4.79 Å². The number of hydrogen-bond acceptors (Lipinski definition) is 2. The van der Waals surface area contributed by atoms with Gasteiger partial charge in [-0.1, -0.05) is 31.6 Å². The maximum absolute atomic E-state index is 12.3. The minimum Gasteiger partial charge on any atom is -0.310 e. The third-order valence-corrected chi connectivity index (χ3v) is 3.87. The van der Waals surface area contributed by atoms with Crippen molar-refractivity contribution in [3.05, 3.63) is 35.5 Å². The third-order valence-electron chi connectivity index (χ3n) is 3.87. The molecule has 3 heteroatoms. The molecular formula is C16H22N2O. The predicted molar refractivity (Wildman–Crippen MR) is 77.8 cm³/mol. The highest BCUT2D eigenvalue weighted by molar-refractivity contribution is 5.95. The van der Waals surface area contributed by atoms with Crippen LogP contribution in [0, 0.1) is 24.2 Å². The van der Waals surface area contributed by atoms with Crippen LogP contribution in [0.25, 0.3) is 0 Å². The summed E-state index contributed by atoms with van der Waals surface area (Å²) in [6.07, 6.45) is 3.97. The van der Waals surface area contributed by atoms with Crippen LogP contribution >= 0.6 is 0 Å². The summed E-state index contributed by atoms with van der Waals surface area (Å²) in [6.45, 7) is 10.4. The van der Waals surface area contributed by atoms with E-state index in [9.17, 15) is 4.79 Å². The van der Waals surface area contributed by atoms with Gasteiger partial charge in [-0.2, -0.15) is 0 Å². The van der Waals surface area contributed by atoms with Gasteiger partial charge in [0.1, 0.15) is 5.82 Å². The lowest BCUT2D eigenvalue weighted by Gasteiger charge is -2.05. The Morgan fingerprint density at radius 3 is 2.58 bits per heavy atom. The molecule has 2 rings (SSSR count). The lowest BCUT2D eigenvalue weighted by atomic mass is 10.1. The number of carbonyl (C=O) groups excluding carboxylic acids is 1. The zero-order valence-electron chi connectivity index (χ0n) is 12.3. The summed E-state index contributed by atoms with van der Waals surface area (Å²) >= 11 is 0. The Morgan fingerprint density at radius 2 is 2.05 bits per heavy atom. The second-order valence-electron chi connectivity index (χ2n) is 6.28. The van der Waals surface area contributed by atoms with E-state index < -0.39 is 0 Å². The van der Waals surface area contributed by atoms with Crippen LogP contribution in [0.5, 0.6) is 0 Å². The highest BCUT2D eigenvalue weighted by atomic mass is 16.2. The second-order valence-corrected chi connectivity index (χ2v) is 6.28. The number of hydrogen-bond donors (Lipinski definition) is 1. The number of aryl methyl sites for hydroxylation is 1. The number of allylic oxidation sites excluding steroid dienone is 2. The molecular weight excluding hydrogens is 236 g/mol. The van der Waals surface area contributed by atoms with E-state index in [-0.39, 0.29) is 17.2 Å². The molecule has 1 amide bonds. The number of nitrogens with one attached hydrogen (secondary N) is 1. The number of anilines is 1. The van der Waals surface area contributed by atoms with Gasteiger partial charge in [-0.25, -0.2) is 4.98 Å². The van der Waals surface area contributed by atoms with Crippen LogP contribution < -0.4 is 5.32 Å². The van der Waals surface area contributed by atoms with Gasteiger partial charge in [-0.15, -0.1) is 0 Å². The Kier molecular flexibility index (Phi) is 3.48. The summed E-state index contributed by atoms with van der Waals surface area (Å²) in [4.78, 5) is 16.5. The van der Waals surface area contributed by atoms with E-state index in [0.717, 1.165) is 5.56 Å². The Morgan fingerprint density at radius 1 is 1.37 bits per heavy atom. The maximum Gasteiger partial charge on any atom is 0.229 e. The van der Waals surface area contributed by atoms with Gasteiger partial charge in [0.05, 0.1) is 5.92 Å². The summed E-state index contributed by atoms with van der Waals surface area (Å²) < 4.78 is 0. The zero-order valence-corrected chi connectivity index (χ0v) is 12.3. The van der Waals surface area contributed by atoms with Gasteiger partial charge >= 0.3 is 0 Å². The van der Waals surface area contributed by atoms with E-state index >= 15 is 0 Å². The van der Waals surface area contributed by atoms with Gasteiger partial charge in [0, 0.05) is 6.20 Å². The lowest BCUT2D eigenvalue weighted by Crippen LogP contribution is -2.17. The minimum atomic E-state index is 0.0468. The topological polar surface area (TPSA) is 42.0 Å². The number of amides is 1. The fraction of sp³-hybridized carbons (Fsp3) is 0.500. The molecule has 1 heterocycles. The van der Waals surface area contributed by atoms with Crippen LogP contribution in [-0.4, -0.2) is 10.9 Å². The van der Waals surface area contributed by atoms with Crippen molar-refractivity contribution in [2.75, 3.05) is 5.32 Å². The first-order valence-electron chi connectivity index (χ1n) is 6.71. The van der Waals surface area contributed by atoms with Gasteiger partial charge in [-0.3, -0.25) is 4.79 Å². The Hall–Kier alpha value is -1.64. The number of aromatic nitrogens is 1. The molecule has 0 saturated heterocycles. The third kappa shape index (κ3) is 2.86. The molecule has 1 aromatic rings. The molecule has 1 aliphatic rings. The molecule has 1 N–H and O–H groups in total. The molecule has 0 radical (unpaired) electrons. The molecule has 0 spiro atoms. The summed E-state index contributed by atoms with van der Waals surface area (Å²) in [5.74, 6) is 1.09. The Labute approximate surface area is 115 Å². The highest BCUT2D eigenvalue weighted by Crippen LogP contribution is 2.59. The summed E-state index contributed by atoms with van der Waals surface area (Å²) in [5, 5.41) is 2.91. The number of carbonyl (C=O) groups is 1. The van der Waals surface area contributed by atoms with E-state index in [1.54, 1.807) is 6.20 Å². The van der Waals surface area contributed by atoms with Crippen molar-refractivity contribution in [2.24, 2.45) is 17.3 Å². The molecule has 0 aromatic carbocycles. The van der Waals surface area contributed by atoms with E-state index in [1.165, 1.54) is 5.57 Å². The Balaban J connectivity index is 2.05. The van der Waals surface area contributed by atoms with Crippen LogP contribution in [0.2, 0.25) is 0 Å². The first kappa shape index (κ1) is 13.8. The molecule has 1 fully saturated rings. The first-order valence-corrected chi connectivity index (χ1v) is 6.71. The van der Waals surface area contributed by atoms with Crippen molar-refractivity contribution in [2.45, 2.75) is 34.6 Å². The molecule has 0 bridgehead atoms. The molecule has 3 nitrogen and oxygen atoms in total. The molecule has 0 aliphatic heterocycles. The number of pyridine rings is 1. The molecule has 1 aliphatic carbocycles. The lowest BCUT2D eigenvalue weighted by molar-refractivity contribution is -0.118. The van der Waals surface area contributed by atoms with Gasteiger partial charge in [0.25, 0.3) is 0 Å². The normalized spacial score (nSPS) is 23.6. The van der Waals surface area contributed by atoms with E-state index in [0.29, 0.717) is 11.7 Å². The molecule has 1 aromatic heterocycles. The number of nitrogens with zero attached hydrogens (tertiary/aromatic N) is 1. The molecule has 19 heavy (non-hydrogen) atoms. The van der Waals surface area contributed by atoms with Crippen LogP contribution in [0.15, 0.2) is 30.0 Å². The Bertz CT molecular complexity index is 510. The van der Waals surface area contributed by atoms with Crippen molar-refractivity contribution in [1.29, 1.82) is 0 Å². The maximum atomic E-state index is 12.3. The average Bonchev–Trinajstić information content (AvgIpc) is 2.83. The van der Waals surface area contributed by atoms with Crippen molar-refractivity contribution >= 4 is 11.7 Å². The molecule has 0 unspecified atom stereocenters. The fourth-order valence-corrected chi connectivity index (χ4v) is 2.59. The summed E-state index contributed by atoms with van der Waals surface area (Å²) in [6, 6.07) is 3.80. The van der Waals surface area contributed by atoms with Crippen molar-refractivity contribution in [1.82, 2.24) is 4.98 Å². The molecule has 102 valence electrons. The van der Waals surface area contributed by atoms with Gasteiger partial charge in [0.15, 0.2) is 0 Å². The number of rotatable bonds is 3. The van der Waals surface area contributed by atoms with E-state index in [1.807, 2.05) is 19.1 Å². The predicted octanol–water partition coefficient (Wildman–Crippen LogP) is 3.57. The zero-order chi connectivity index (χ0) is 14.2. The van der Waals surface area contributed by atoms with E-state index in [2.05, 4.69) is 44.1 Å². The first-order chi connectivity index (χ1) is 8.82. The van der Waals surface area contributed by atoms with Gasteiger partial charge in [-0.05, 0) is 43.7 Å². The monoisotopic (exact) mass is 258 g/mol. The quantitative estimate of drug-likeness (QED) is 0.842. The average molecular weight is 258 g/mol. The SMILES string of the molecule is CC(C)=C[C@H]1[C@H](C(=O)Nc2ccc(C)cn2)C1(C)C. The summed E-state index contributed by atoms with van der Waals surface area (Å²) in [5.41, 5.74) is 2.40. The fourth-order valence-electron chi connectivity index (χ4n) is 2.59. The van der Waals surface area contributed by atoms with E-state index in [4.69, 9.17) is 0 Å².